The zero-order valence-corrected chi connectivity index (χ0v) is 45.4. The van der Waals surface area contributed by atoms with Gasteiger partial charge in [-0.25, -0.2) is 0 Å². The zero-order valence-electron chi connectivity index (χ0n) is 48.2. The molecule has 0 fully saturated rings. The van der Waals surface area contributed by atoms with Gasteiger partial charge in [0.1, 0.15) is 0 Å². The van der Waals surface area contributed by atoms with Crippen LogP contribution in [0.4, 0.5) is 11.5 Å². The zero-order chi connectivity index (χ0) is 54.7. The molecule has 10 rings (SSSR count). The molecule has 0 aliphatic carbocycles. The molecule has 362 valence electrons. The number of para-hydroxylation sites is 2. The predicted octanol–water partition coefficient (Wildman–Crippen LogP) is 16.2. The summed E-state index contributed by atoms with van der Waals surface area (Å²) in [7, 11) is 0. The van der Waals surface area contributed by atoms with Crippen molar-refractivity contribution in [3.8, 4) is 56.4 Å². The van der Waals surface area contributed by atoms with Gasteiger partial charge in [0.15, 0.2) is 0 Å². The minimum absolute atomic E-state index is 0.104. The van der Waals surface area contributed by atoms with Crippen molar-refractivity contribution >= 4 is 29.5 Å². The molecule has 1 aliphatic heterocycles. The molecule has 71 heavy (non-hydrogen) atoms. The summed E-state index contributed by atoms with van der Waals surface area (Å²) in [5.74, 6) is 2.15. The summed E-state index contributed by atoms with van der Waals surface area (Å²) >= 11 is 2.40. The van der Waals surface area contributed by atoms with Crippen molar-refractivity contribution in [2.45, 2.75) is 113 Å². The molecule has 4 heterocycles. The summed E-state index contributed by atoms with van der Waals surface area (Å²) in [5, 5.41) is 5.05. The Bertz CT molecular complexity index is 3830. The molecule has 0 N–H and O–H groups in total. The molecule has 3 aromatic heterocycles. The van der Waals surface area contributed by atoms with Gasteiger partial charge >= 0.3 is 385 Å². The molecule has 0 saturated carbocycles. The second-order valence-corrected chi connectivity index (χ2v) is 23.1. The number of nitrogens with zero attached hydrogens (tertiary/aromatic N) is 6. The maximum absolute atomic E-state index is 9.50. The Morgan fingerprint density at radius 2 is 1.25 bits per heavy atom. The average Bonchev–Trinajstić information content (AvgIpc) is 3.90. The topological polar surface area (TPSA) is 53.0 Å². The van der Waals surface area contributed by atoms with Crippen LogP contribution in [-0.2, 0) is 35.6 Å². The molecule has 6 aromatic carbocycles. The van der Waals surface area contributed by atoms with Crippen LogP contribution in [-0.4, -0.2) is 30.8 Å². The number of ether oxygens (including phenoxy) is 1. The van der Waals surface area contributed by atoms with Gasteiger partial charge in [0.05, 0.1) is 5.69 Å². The van der Waals surface area contributed by atoms with Crippen LogP contribution in [0.25, 0.3) is 55.9 Å². The van der Waals surface area contributed by atoms with Crippen LogP contribution in [0, 0.1) is 24.6 Å². The Balaban J connectivity index is 1.21. The fraction of sp³-hybridized carbons (Fsp3) is 0.274. The number of hydrogen-bond donors (Lipinski definition) is 0. The minimum atomic E-state index is -0.431. The molecule has 0 spiro atoms. The molecular formula is C62H65BN6OPt. The van der Waals surface area contributed by atoms with E-state index in [1.807, 2.05) is 48.7 Å². The molecule has 0 unspecified atom stereocenters. The molecule has 1 aliphatic rings. The van der Waals surface area contributed by atoms with Gasteiger partial charge in [-0.1, -0.05) is 6.92 Å². The van der Waals surface area contributed by atoms with Crippen LogP contribution in [0.15, 0.2) is 146 Å². The first-order valence-electron chi connectivity index (χ1n) is 27.1. The number of aryl methyl sites for hydroxylation is 2. The van der Waals surface area contributed by atoms with Crippen molar-refractivity contribution in [2.24, 2.45) is 0 Å². The maximum atomic E-state index is 9.50. The number of aromatic nitrogens is 5. The van der Waals surface area contributed by atoms with Crippen LogP contribution >= 0.6 is 0 Å². The normalized spacial score (nSPS) is 13.9. The SMILES string of the molecule is [2H]c1c([2H])c([2H])c(-c2cc(C(C)(C)C)cc(-c3cc(C(C)(C)C)cc(C(C)(C)C)c3)c2-n2[c](=[Pt])n(-c3cccc(Oc4ccc5c(c4)N(c4cc(C)ccn4)B(CC)n4nc(C)c(C)c4-5)c3)c3ccccc32)c([2H])c1[2H]. The number of rotatable bonds is 8. The van der Waals surface area contributed by atoms with Crippen LogP contribution in [0.2, 0.25) is 6.32 Å². The quantitative estimate of drug-likeness (QED) is 0.142. The number of imidazole rings is 1. The van der Waals surface area contributed by atoms with Gasteiger partial charge in [0.25, 0.3) is 0 Å². The van der Waals surface area contributed by atoms with Crippen LogP contribution in [0.1, 0.15) is 110 Å². The van der Waals surface area contributed by atoms with E-state index < -0.39 is 6.04 Å². The van der Waals surface area contributed by atoms with E-state index in [1.54, 1.807) is 0 Å². The Labute approximate surface area is 438 Å². The molecule has 9 heteroatoms. The van der Waals surface area contributed by atoms with E-state index in [9.17, 15) is 2.74 Å². The summed E-state index contributed by atoms with van der Waals surface area (Å²) in [6.07, 6.45) is 2.66. The molecule has 7 nitrogen and oxygen atoms in total. The molecule has 0 radical (unpaired) electrons. The predicted molar refractivity (Wildman–Crippen MR) is 293 cm³/mol. The van der Waals surface area contributed by atoms with Gasteiger partial charge in [-0.15, -0.1) is 0 Å². The van der Waals surface area contributed by atoms with Crippen molar-refractivity contribution in [3.63, 3.8) is 0 Å². The first-order valence-corrected chi connectivity index (χ1v) is 25.7. The van der Waals surface area contributed by atoms with E-state index in [1.165, 1.54) is 11.1 Å². The van der Waals surface area contributed by atoms with Gasteiger partial charge in [-0.05, 0) is 32.4 Å². The van der Waals surface area contributed by atoms with Crippen molar-refractivity contribution in [3.05, 3.63) is 183 Å². The van der Waals surface area contributed by atoms with Gasteiger partial charge in [-0.3, -0.25) is 0 Å². The number of fused-ring (bicyclic) bond motifs is 4. The third kappa shape index (κ3) is 8.77. The Hall–Kier alpha value is -6.50. The van der Waals surface area contributed by atoms with Crippen LogP contribution < -0.4 is 9.55 Å². The first-order chi connectivity index (χ1) is 35.8. The Morgan fingerprint density at radius 3 is 1.89 bits per heavy atom. The number of pyridine rings is 1. The van der Waals surface area contributed by atoms with Crippen molar-refractivity contribution in [1.82, 2.24) is 23.8 Å². The molecule has 0 atom stereocenters. The van der Waals surface area contributed by atoms with Gasteiger partial charge in [0.2, 0.25) is 0 Å². The molecule has 0 amide bonds. The van der Waals surface area contributed by atoms with E-state index in [0.717, 1.165) is 83.1 Å². The summed E-state index contributed by atoms with van der Waals surface area (Å²) in [6.45, 7) is 28.2. The van der Waals surface area contributed by atoms with Gasteiger partial charge < -0.3 is 0 Å². The fourth-order valence-corrected chi connectivity index (χ4v) is 10.9. The summed E-state index contributed by atoms with van der Waals surface area (Å²) < 4.78 is 59.8. The second kappa shape index (κ2) is 18.0. The van der Waals surface area contributed by atoms with E-state index in [-0.39, 0.29) is 53.0 Å². The van der Waals surface area contributed by atoms with Crippen molar-refractivity contribution in [2.75, 3.05) is 4.81 Å². The standard InChI is InChI=1S/C62H65BN6O.Pt/c1-14-63-68(57-31-40(2)29-30-64-57)56-38-50(27-28-51(56)58-41(3)42(4)65-69(58)63)70-49-24-20-23-48(37-49)66-39-67(55-26-19-18-25-54(55)66)59-52(43-21-16-15-17-22-43)35-47(62(11,12)13)36-53(59)44-32-45(60(5,6)7)34-46(33-44)61(8,9)10;/h15-38H,14H2,1-13H3;/i15D,16D,17D,21D,22D;. The second-order valence-electron chi connectivity index (χ2n) is 22.1. The molecule has 0 bridgehead atoms. The third-order valence-corrected chi connectivity index (χ3v) is 14.9. The Morgan fingerprint density at radius 1 is 0.634 bits per heavy atom. The molecular weight excluding hydrogens is 1050 g/mol. The fourth-order valence-electron chi connectivity index (χ4n) is 9.84. The van der Waals surface area contributed by atoms with Gasteiger partial charge in [-0.2, -0.15) is 5.10 Å². The van der Waals surface area contributed by atoms with Gasteiger partial charge in [0, 0.05) is 6.20 Å². The summed E-state index contributed by atoms with van der Waals surface area (Å²) in [5.41, 5.74) is 14.8. The van der Waals surface area contributed by atoms with Crippen LogP contribution in [0.3, 0.4) is 0 Å². The molecule has 0 saturated heterocycles. The van der Waals surface area contributed by atoms with Crippen LogP contribution in [0.5, 0.6) is 11.5 Å². The van der Waals surface area contributed by atoms with E-state index in [4.69, 9.17) is 18.9 Å². The summed E-state index contributed by atoms with van der Waals surface area (Å²) in [6, 6.07) is 36.2. The third-order valence-electron chi connectivity index (χ3n) is 13.9. The first kappa shape index (κ1) is 42.2. The van der Waals surface area contributed by atoms with E-state index in [0.29, 0.717) is 22.7 Å². The van der Waals surface area contributed by atoms with Crippen molar-refractivity contribution in [1.29, 1.82) is 0 Å². The van der Waals surface area contributed by atoms with E-state index >= 15 is 0 Å². The number of benzene rings is 6. The monoisotopic (exact) mass is 1120 g/mol. The number of anilines is 2. The molecule has 9 aromatic rings. The van der Waals surface area contributed by atoms with E-state index in [2.05, 4.69) is 195 Å². The van der Waals surface area contributed by atoms with Crippen molar-refractivity contribution < 1.29 is 30.9 Å². The average molecular weight is 1120 g/mol. The summed E-state index contributed by atoms with van der Waals surface area (Å²) in [4.78, 5) is 7.16. The number of hydrogen-bond acceptors (Lipinski definition) is 4. The Kier molecular flexibility index (Phi) is 10.7.